The second-order valence-electron chi connectivity index (χ2n) is 9.33. The average Bonchev–Trinajstić information content (AvgIpc) is 2.72. The molecule has 6 heteroatoms. The fraction of sp³-hybridized carbons (Fsp3) is 0.520. The first-order chi connectivity index (χ1) is 14.6. The van der Waals surface area contributed by atoms with Crippen molar-refractivity contribution in [2.24, 2.45) is 23.7 Å². The predicted molar refractivity (Wildman–Crippen MR) is 121 cm³/mol. The lowest BCUT2D eigenvalue weighted by Gasteiger charge is -2.54. The molecule has 0 radical (unpaired) electrons. The van der Waals surface area contributed by atoms with E-state index in [1.807, 2.05) is 36.4 Å². The van der Waals surface area contributed by atoms with Crippen molar-refractivity contribution in [3.8, 4) is 11.5 Å². The van der Waals surface area contributed by atoms with Crippen LogP contribution in [0, 0.1) is 23.7 Å². The third-order valence-electron chi connectivity index (χ3n) is 7.39. The smallest absolute Gasteiger partial charge is 0.180 e. The number of halogens is 3. The number of rotatable bonds is 7. The first kappa shape index (κ1) is 23.0. The van der Waals surface area contributed by atoms with Crippen LogP contribution in [0.5, 0.6) is 11.5 Å². The van der Waals surface area contributed by atoms with E-state index in [0.29, 0.717) is 34.2 Å². The molecular formula is C25H29Cl3NO2-. The van der Waals surface area contributed by atoms with Gasteiger partial charge >= 0.3 is 0 Å². The van der Waals surface area contributed by atoms with Gasteiger partial charge in [0.2, 0.25) is 0 Å². The Morgan fingerprint density at radius 2 is 1.61 bits per heavy atom. The highest BCUT2D eigenvalue weighted by molar-refractivity contribution is 6.32. The van der Waals surface area contributed by atoms with Gasteiger partial charge in [-0.1, -0.05) is 41.4 Å². The standard InChI is InChI=1S/C25H29Cl2NO2.ClH/c1-29-23-12-17(11-22(27)25(23)30-14-18-4-2-3-5-21(18)26)13-28-24-19-7-15-6-16(9-19)10-20(24)8-15;/h2-5,11-12,15-16,19-20,24,28H,6-10,13-14H2,1H3;1H/p-1. The summed E-state index contributed by atoms with van der Waals surface area (Å²) in [5, 5.41) is 5.13. The summed E-state index contributed by atoms with van der Waals surface area (Å²) in [4.78, 5) is 0. The first-order valence-electron chi connectivity index (χ1n) is 11.1. The molecule has 0 unspecified atom stereocenters. The van der Waals surface area contributed by atoms with Crippen LogP contribution in [0.1, 0.15) is 43.2 Å². The second kappa shape index (κ2) is 9.79. The Bertz CT molecular complexity index is 892. The summed E-state index contributed by atoms with van der Waals surface area (Å²) in [6.07, 6.45) is 7.17. The molecule has 0 aromatic heterocycles. The highest BCUT2D eigenvalue weighted by atomic mass is 35.5. The van der Waals surface area contributed by atoms with Gasteiger partial charge < -0.3 is 27.2 Å². The Hall–Kier alpha value is -1.13. The van der Waals surface area contributed by atoms with E-state index >= 15 is 0 Å². The van der Waals surface area contributed by atoms with Gasteiger partial charge in [-0.15, -0.1) is 0 Å². The number of methoxy groups -OCH3 is 1. The molecule has 4 aliphatic rings. The molecule has 4 saturated carbocycles. The Morgan fingerprint density at radius 1 is 0.935 bits per heavy atom. The number of hydrogen-bond acceptors (Lipinski definition) is 3. The van der Waals surface area contributed by atoms with Crippen LogP contribution < -0.4 is 27.2 Å². The Kier molecular flexibility index (Phi) is 7.27. The number of hydrogen-bond donors (Lipinski definition) is 1. The van der Waals surface area contributed by atoms with Crippen molar-refractivity contribution in [3.05, 3.63) is 57.6 Å². The van der Waals surface area contributed by atoms with E-state index in [-0.39, 0.29) is 12.4 Å². The van der Waals surface area contributed by atoms with Gasteiger partial charge in [0.05, 0.1) is 12.1 Å². The Morgan fingerprint density at radius 3 is 2.26 bits per heavy atom. The maximum absolute atomic E-state index is 6.60. The average molecular weight is 482 g/mol. The minimum absolute atomic E-state index is 0. The van der Waals surface area contributed by atoms with E-state index in [0.717, 1.165) is 41.3 Å². The zero-order valence-electron chi connectivity index (χ0n) is 17.8. The zero-order chi connectivity index (χ0) is 20.7. The molecule has 0 atom stereocenters. The molecule has 168 valence electrons. The molecule has 6 rings (SSSR count). The minimum Gasteiger partial charge on any atom is -1.00 e. The van der Waals surface area contributed by atoms with Crippen molar-refractivity contribution >= 4 is 23.2 Å². The molecule has 0 heterocycles. The Balaban J connectivity index is 0.00000231. The first-order valence-corrected chi connectivity index (χ1v) is 11.8. The Labute approximate surface area is 201 Å². The molecule has 0 amide bonds. The van der Waals surface area contributed by atoms with Crippen molar-refractivity contribution in [2.75, 3.05) is 7.11 Å². The molecule has 3 nitrogen and oxygen atoms in total. The zero-order valence-corrected chi connectivity index (χ0v) is 20.0. The van der Waals surface area contributed by atoms with Crippen molar-refractivity contribution < 1.29 is 21.9 Å². The third-order valence-corrected chi connectivity index (χ3v) is 8.04. The predicted octanol–water partition coefficient (Wildman–Crippen LogP) is 3.50. The van der Waals surface area contributed by atoms with E-state index in [1.54, 1.807) is 7.11 Å². The summed E-state index contributed by atoms with van der Waals surface area (Å²) in [5.41, 5.74) is 2.06. The van der Waals surface area contributed by atoms with Gasteiger partial charge in [-0.05, 0) is 79.5 Å². The number of nitrogens with one attached hydrogen (secondary N) is 1. The van der Waals surface area contributed by atoms with Crippen LogP contribution in [0.25, 0.3) is 0 Å². The van der Waals surface area contributed by atoms with Crippen LogP contribution in [0.15, 0.2) is 36.4 Å². The summed E-state index contributed by atoms with van der Waals surface area (Å²) < 4.78 is 11.6. The van der Waals surface area contributed by atoms with Gasteiger partial charge in [0, 0.05) is 23.2 Å². The fourth-order valence-corrected chi connectivity index (χ4v) is 6.75. The maximum Gasteiger partial charge on any atom is 0.180 e. The molecule has 0 saturated heterocycles. The van der Waals surface area contributed by atoms with Gasteiger partial charge in [0.25, 0.3) is 0 Å². The highest BCUT2D eigenvalue weighted by Crippen LogP contribution is 2.53. The van der Waals surface area contributed by atoms with Crippen LogP contribution in [-0.4, -0.2) is 13.2 Å². The topological polar surface area (TPSA) is 30.5 Å². The lowest BCUT2D eigenvalue weighted by Crippen LogP contribution is -3.00. The number of ether oxygens (including phenoxy) is 2. The normalized spacial score (nSPS) is 28.3. The van der Waals surface area contributed by atoms with Crippen LogP contribution in [0.3, 0.4) is 0 Å². The van der Waals surface area contributed by atoms with Gasteiger partial charge in [-0.3, -0.25) is 0 Å². The molecular weight excluding hydrogens is 453 g/mol. The molecule has 2 aromatic carbocycles. The fourth-order valence-electron chi connectivity index (χ4n) is 6.27. The molecule has 31 heavy (non-hydrogen) atoms. The number of benzene rings is 2. The van der Waals surface area contributed by atoms with Gasteiger partial charge in [0.15, 0.2) is 11.5 Å². The molecule has 4 fully saturated rings. The van der Waals surface area contributed by atoms with E-state index in [2.05, 4.69) is 5.32 Å². The van der Waals surface area contributed by atoms with Gasteiger partial charge in [-0.25, -0.2) is 0 Å². The summed E-state index contributed by atoms with van der Waals surface area (Å²) in [6.45, 7) is 1.16. The third kappa shape index (κ3) is 4.80. The molecule has 4 bridgehead atoms. The maximum atomic E-state index is 6.60. The van der Waals surface area contributed by atoms with Crippen molar-refractivity contribution in [1.82, 2.24) is 5.32 Å². The molecule has 4 aliphatic carbocycles. The van der Waals surface area contributed by atoms with Gasteiger partial charge in [0.1, 0.15) is 6.61 Å². The summed E-state index contributed by atoms with van der Waals surface area (Å²) in [7, 11) is 1.66. The van der Waals surface area contributed by atoms with Crippen molar-refractivity contribution in [3.63, 3.8) is 0 Å². The second-order valence-corrected chi connectivity index (χ2v) is 10.1. The van der Waals surface area contributed by atoms with E-state index in [9.17, 15) is 0 Å². The SMILES string of the molecule is COc1cc(CNC2C3CC4CC(C3)CC2C4)cc(Cl)c1OCc1ccccc1Cl.[Cl-]. The lowest BCUT2D eigenvalue weighted by molar-refractivity contribution is -0.0142. The monoisotopic (exact) mass is 480 g/mol. The van der Waals surface area contributed by atoms with Crippen LogP contribution in [-0.2, 0) is 13.2 Å². The van der Waals surface area contributed by atoms with Crippen LogP contribution >= 0.6 is 23.2 Å². The highest BCUT2D eigenvalue weighted by Gasteiger charge is 2.47. The van der Waals surface area contributed by atoms with E-state index < -0.39 is 0 Å². The van der Waals surface area contributed by atoms with Gasteiger partial charge in [-0.2, -0.15) is 0 Å². The largest absolute Gasteiger partial charge is 1.00 e. The van der Waals surface area contributed by atoms with Crippen LogP contribution in [0.4, 0.5) is 0 Å². The lowest BCUT2D eigenvalue weighted by atomic mass is 9.54. The minimum atomic E-state index is 0. The molecule has 0 spiro atoms. The van der Waals surface area contributed by atoms with E-state index in [4.69, 9.17) is 32.7 Å². The molecule has 0 aliphatic heterocycles. The van der Waals surface area contributed by atoms with Crippen LogP contribution in [0.2, 0.25) is 10.0 Å². The molecule has 2 aromatic rings. The van der Waals surface area contributed by atoms with Crippen molar-refractivity contribution in [2.45, 2.75) is 51.3 Å². The summed E-state index contributed by atoms with van der Waals surface area (Å²) in [5.74, 6) is 4.94. The summed E-state index contributed by atoms with van der Waals surface area (Å²) >= 11 is 12.8. The summed E-state index contributed by atoms with van der Waals surface area (Å²) in [6, 6.07) is 12.3. The van der Waals surface area contributed by atoms with Crippen molar-refractivity contribution in [1.29, 1.82) is 0 Å². The van der Waals surface area contributed by atoms with E-state index in [1.165, 1.54) is 32.1 Å². The quantitative estimate of drug-likeness (QED) is 0.657. The molecule has 1 N–H and O–H groups in total.